The first-order valence-electron chi connectivity index (χ1n) is 8.42. The Morgan fingerprint density at radius 1 is 1.24 bits per heavy atom. The monoisotopic (exact) mass is 288 g/mol. The fourth-order valence-corrected chi connectivity index (χ4v) is 3.81. The highest BCUT2D eigenvalue weighted by molar-refractivity contribution is 5.37. The molecule has 116 valence electrons. The van der Waals surface area contributed by atoms with Gasteiger partial charge >= 0.3 is 0 Å². The van der Waals surface area contributed by atoms with Gasteiger partial charge in [-0.15, -0.1) is 0 Å². The number of rotatable bonds is 4. The minimum absolute atomic E-state index is 0.631. The molecule has 0 amide bonds. The van der Waals surface area contributed by atoms with E-state index in [0.717, 1.165) is 12.2 Å². The van der Waals surface area contributed by atoms with Gasteiger partial charge in [0.1, 0.15) is 5.75 Å². The number of hydrogen-bond donors (Lipinski definition) is 1. The summed E-state index contributed by atoms with van der Waals surface area (Å²) in [6.45, 7) is 5.95. The van der Waals surface area contributed by atoms with Gasteiger partial charge in [0.05, 0.1) is 7.11 Å². The van der Waals surface area contributed by atoms with Gasteiger partial charge in [-0.1, -0.05) is 13.0 Å². The van der Waals surface area contributed by atoms with Gasteiger partial charge < -0.3 is 15.0 Å². The van der Waals surface area contributed by atoms with Crippen LogP contribution in [0.4, 0.5) is 0 Å². The Morgan fingerprint density at radius 3 is 2.95 bits per heavy atom. The number of piperidine rings is 1. The molecule has 1 fully saturated rings. The van der Waals surface area contributed by atoms with Crippen LogP contribution < -0.4 is 10.1 Å². The number of fused-ring (bicyclic) bond motifs is 1. The largest absolute Gasteiger partial charge is 0.497 e. The van der Waals surface area contributed by atoms with E-state index in [9.17, 15) is 0 Å². The molecule has 1 aliphatic carbocycles. The average molecular weight is 288 g/mol. The molecule has 1 N–H and O–H groups in total. The SMILES string of the molecule is CCN1CCCC(NC2CCc3ccc(OC)cc3C2)C1. The van der Waals surface area contributed by atoms with E-state index < -0.39 is 0 Å². The van der Waals surface area contributed by atoms with Crippen molar-refractivity contribution >= 4 is 0 Å². The van der Waals surface area contributed by atoms with Crippen molar-refractivity contribution in [1.82, 2.24) is 10.2 Å². The van der Waals surface area contributed by atoms with Gasteiger partial charge in [0.25, 0.3) is 0 Å². The predicted molar refractivity (Wildman–Crippen MR) is 87.1 cm³/mol. The summed E-state index contributed by atoms with van der Waals surface area (Å²) in [5, 5.41) is 3.92. The molecule has 2 unspecified atom stereocenters. The maximum absolute atomic E-state index is 5.37. The lowest BCUT2D eigenvalue weighted by molar-refractivity contribution is 0.187. The fourth-order valence-electron chi connectivity index (χ4n) is 3.81. The summed E-state index contributed by atoms with van der Waals surface area (Å²) in [5.41, 5.74) is 2.98. The van der Waals surface area contributed by atoms with E-state index in [-0.39, 0.29) is 0 Å². The zero-order valence-electron chi connectivity index (χ0n) is 13.4. The van der Waals surface area contributed by atoms with Gasteiger partial charge in [-0.2, -0.15) is 0 Å². The molecular formula is C18H28N2O. The van der Waals surface area contributed by atoms with Crippen LogP contribution in [0.1, 0.15) is 37.3 Å². The smallest absolute Gasteiger partial charge is 0.119 e. The molecule has 21 heavy (non-hydrogen) atoms. The number of nitrogens with zero attached hydrogens (tertiary/aromatic N) is 1. The molecule has 2 atom stereocenters. The highest BCUT2D eigenvalue weighted by atomic mass is 16.5. The van der Waals surface area contributed by atoms with E-state index in [1.807, 2.05) is 0 Å². The van der Waals surface area contributed by atoms with E-state index in [2.05, 4.69) is 35.3 Å². The minimum atomic E-state index is 0.631. The molecule has 1 heterocycles. The van der Waals surface area contributed by atoms with Crippen molar-refractivity contribution < 1.29 is 4.74 Å². The Kier molecular flexibility index (Phi) is 4.81. The molecule has 3 rings (SSSR count). The molecule has 1 aliphatic heterocycles. The minimum Gasteiger partial charge on any atom is -0.497 e. The van der Waals surface area contributed by atoms with Crippen LogP contribution in [0.25, 0.3) is 0 Å². The normalized spacial score (nSPS) is 26.4. The van der Waals surface area contributed by atoms with Crippen molar-refractivity contribution in [3.63, 3.8) is 0 Å². The molecule has 0 spiro atoms. The first kappa shape index (κ1) is 14.9. The number of methoxy groups -OCH3 is 1. The Hall–Kier alpha value is -1.06. The second kappa shape index (κ2) is 6.80. The molecule has 3 heteroatoms. The fraction of sp³-hybridized carbons (Fsp3) is 0.667. The van der Waals surface area contributed by atoms with Gasteiger partial charge in [-0.25, -0.2) is 0 Å². The number of aryl methyl sites for hydroxylation is 1. The lowest BCUT2D eigenvalue weighted by atomic mass is 9.87. The second-order valence-electron chi connectivity index (χ2n) is 6.47. The number of likely N-dealkylation sites (tertiary alicyclic amines) is 1. The van der Waals surface area contributed by atoms with E-state index >= 15 is 0 Å². The Labute approximate surface area is 128 Å². The first-order chi connectivity index (χ1) is 10.3. The molecule has 3 nitrogen and oxygen atoms in total. The molecule has 0 aromatic heterocycles. The Morgan fingerprint density at radius 2 is 2.14 bits per heavy atom. The van der Waals surface area contributed by atoms with Gasteiger partial charge in [0.15, 0.2) is 0 Å². The second-order valence-corrected chi connectivity index (χ2v) is 6.47. The summed E-state index contributed by atoms with van der Waals surface area (Å²) >= 11 is 0. The molecule has 1 saturated heterocycles. The van der Waals surface area contributed by atoms with Crippen LogP contribution in [-0.4, -0.2) is 43.7 Å². The van der Waals surface area contributed by atoms with Gasteiger partial charge in [0, 0.05) is 18.6 Å². The molecular weight excluding hydrogens is 260 g/mol. The third-order valence-electron chi connectivity index (χ3n) is 5.07. The lowest BCUT2D eigenvalue weighted by Crippen LogP contribution is -2.50. The molecule has 0 radical (unpaired) electrons. The van der Waals surface area contributed by atoms with Crippen LogP contribution in [0.3, 0.4) is 0 Å². The van der Waals surface area contributed by atoms with Crippen LogP contribution >= 0.6 is 0 Å². The molecule has 0 bridgehead atoms. The Balaban J connectivity index is 1.60. The summed E-state index contributed by atoms with van der Waals surface area (Å²) in [6.07, 6.45) is 6.28. The summed E-state index contributed by atoms with van der Waals surface area (Å²) in [7, 11) is 1.75. The van der Waals surface area contributed by atoms with Crippen LogP contribution in [0.15, 0.2) is 18.2 Å². The zero-order valence-corrected chi connectivity index (χ0v) is 13.4. The standard InChI is InChI=1S/C18H28N2O/c1-3-20-10-4-5-17(13-20)19-16-8-6-14-7-9-18(21-2)12-15(14)11-16/h7,9,12,16-17,19H,3-6,8,10-11,13H2,1-2H3. The number of benzene rings is 1. The topological polar surface area (TPSA) is 24.5 Å². The van der Waals surface area contributed by atoms with E-state index in [1.165, 1.54) is 56.4 Å². The summed E-state index contributed by atoms with van der Waals surface area (Å²) in [5.74, 6) is 0.990. The highest BCUT2D eigenvalue weighted by Gasteiger charge is 2.24. The van der Waals surface area contributed by atoms with Crippen molar-refractivity contribution in [2.75, 3.05) is 26.7 Å². The number of nitrogens with one attached hydrogen (secondary N) is 1. The van der Waals surface area contributed by atoms with Crippen molar-refractivity contribution in [3.05, 3.63) is 29.3 Å². The lowest BCUT2D eigenvalue weighted by Gasteiger charge is -2.36. The van der Waals surface area contributed by atoms with Crippen LogP contribution in [0, 0.1) is 0 Å². The van der Waals surface area contributed by atoms with Crippen LogP contribution in [0.2, 0.25) is 0 Å². The Bertz CT molecular complexity index is 474. The van der Waals surface area contributed by atoms with E-state index in [4.69, 9.17) is 4.74 Å². The first-order valence-corrected chi connectivity index (χ1v) is 8.42. The number of ether oxygens (including phenoxy) is 1. The highest BCUT2D eigenvalue weighted by Crippen LogP contribution is 2.26. The zero-order chi connectivity index (χ0) is 14.7. The van der Waals surface area contributed by atoms with Crippen molar-refractivity contribution in [2.24, 2.45) is 0 Å². The quantitative estimate of drug-likeness (QED) is 0.922. The predicted octanol–water partition coefficient (Wildman–Crippen LogP) is 2.63. The average Bonchev–Trinajstić information content (AvgIpc) is 2.54. The van der Waals surface area contributed by atoms with E-state index in [0.29, 0.717) is 12.1 Å². The van der Waals surface area contributed by atoms with Crippen molar-refractivity contribution in [3.8, 4) is 5.75 Å². The van der Waals surface area contributed by atoms with Crippen molar-refractivity contribution in [1.29, 1.82) is 0 Å². The third kappa shape index (κ3) is 3.58. The molecule has 0 saturated carbocycles. The van der Waals surface area contributed by atoms with Gasteiger partial charge in [0.2, 0.25) is 0 Å². The summed E-state index contributed by atoms with van der Waals surface area (Å²) in [4.78, 5) is 2.57. The molecule has 1 aromatic carbocycles. The number of likely N-dealkylation sites (N-methyl/N-ethyl adjacent to an activating group) is 1. The van der Waals surface area contributed by atoms with Gasteiger partial charge in [-0.3, -0.25) is 0 Å². The molecule has 2 aliphatic rings. The van der Waals surface area contributed by atoms with Gasteiger partial charge in [-0.05, 0) is 68.5 Å². The summed E-state index contributed by atoms with van der Waals surface area (Å²) in [6, 6.07) is 7.86. The maximum atomic E-state index is 5.37. The van der Waals surface area contributed by atoms with Crippen LogP contribution in [-0.2, 0) is 12.8 Å². The van der Waals surface area contributed by atoms with Crippen molar-refractivity contribution in [2.45, 2.75) is 51.1 Å². The maximum Gasteiger partial charge on any atom is 0.119 e. The van der Waals surface area contributed by atoms with Crippen LogP contribution in [0.5, 0.6) is 5.75 Å². The third-order valence-corrected chi connectivity index (χ3v) is 5.07. The van der Waals surface area contributed by atoms with E-state index in [1.54, 1.807) is 7.11 Å². The summed E-state index contributed by atoms with van der Waals surface area (Å²) < 4.78 is 5.37. The molecule has 1 aromatic rings. The number of hydrogen-bond acceptors (Lipinski definition) is 3.